The Morgan fingerprint density at radius 2 is 2.00 bits per heavy atom. The number of aliphatic hydroxyl groups excluding tert-OH is 1. The Bertz CT molecular complexity index is 618. The van der Waals surface area contributed by atoms with Gasteiger partial charge in [-0.2, -0.15) is 4.31 Å². The topological polar surface area (TPSA) is 83.6 Å². The number of halogens is 2. The van der Waals surface area contributed by atoms with Crippen molar-refractivity contribution >= 4 is 15.7 Å². The molecular formula is C13H18F2N2O3S. The van der Waals surface area contributed by atoms with Crippen LogP contribution in [0.4, 0.5) is 14.5 Å². The fraction of sp³-hybridized carbons (Fsp3) is 0.538. The van der Waals surface area contributed by atoms with Gasteiger partial charge >= 0.3 is 0 Å². The van der Waals surface area contributed by atoms with E-state index in [0.717, 1.165) is 18.6 Å². The minimum Gasteiger partial charge on any atom is -0.396 e. The molecule has 3 N–H and O–H groups in total. The van der Waals surface area contributed by atoms with Crippen LogP contribution in [-0.2, 0) is 10.0 Å². The second-order valence-electron chi connectivity index (χ2n) is 5.05. The number of aliphatic hydroxyl groups is 1. The van der Waals surface area contributed by atoms with Crippen molar-refractivity contribution in [2.24, 2.45) is 0 Å². The van der Waals surface area contributed by atoms with E-state index in [1.807, 2.05) is 0 Å². The van der Waals surface area contributed by atoms with Gasteiger partial charge in [-0.25, -0.2) is 17.2 Å². The molecule has 0 aromatic heterocycles. The molecule has 1 aliphatic carbocycles. The molecule has 0 aliphatic heterocycles. The van der Waals surface area contributed by atoms with Gasteiger partial charge in [-0.15, -0.1) is 0 Å². The van der Waals surface area contributed by atoms with Crippen LogP contribution in [0.1, 0.15) is 25.7 Å². The van der Waals surface area contributed by atoms with Crippen LogP contribution in [0, 0.1) is 11.6 Å². The molecule has 0 amide bonds. The number of hydrogen-bond donors (Lipinski definition) is 2. The molecular weight excluding hydrogens is 302 g/mol. The van der Waals surface area contributed by atoms with Crippen molar-refractivity contribution in [3.63, 3.8) is 0 Å². The molecule has 0 unspecified atom stereocenters. The third kappa shape index (κ3) is 3.02. The molecule has 0 heterocycles. The molecule has 1 saturated carbocycles. The maximum absolute atomic E-state index is 14.0. The van der Waals surface area contributed by atoms with E-state index in [1.54, 1.807) is 0 Å². The third-order valence-corrected chi connectivity index (χ3v) is 5.67. The zero-order chi connectivity index (χ0) is 15.6. The summed E-state index contributed by atoms with van der Waals surface area (Å²) in [6.07, 6.45) is 2.56. The summed E-state index contributed by atoms with van der Waals surface area (Å²) < 4.78 is 53.5. The first kappa shape index (κ1) is 16.1. The Labute approximate surface area is 122 Å². The van der Waals surface area contributed by atoms with Crippen molar-refractivity contribution in [1.29, 1.82) is 0 Å². The number of sulfonamides is 1. The van der Waals surface area contributed by atoms with E-state index in [4.69, 9.17) is 10.8 Å². The smallest absolute Gasteiger partial charge is 0.246 e. The van der Waals surface area contributed by atoms with Gasteiger partial charge in [0.1, 0.15) is 16.4 Å². The van der Waals surface area contributed by atoms with Crippen LogP contribution in [0.15, 0.2) is 17.0 Å². The monoisotopic (exact) mass is 320 g/mol. The first-order valence-electron chi connectivity index (χ1n) is 6.75. The number of hydrogen-bond acceptors (Lipinski definition) is 4. The van der Waals surface area contributed by atoms with Crippen LogP contribution in [-0.4, -0.2) is 37.0 Å². The molecule has 118 valence electrons. The first-order chi connectivity index (χ1) is 9.89. The fourth-order valence-electron chi connectivity index (χ4n) is 2.28. The van der Waals surface area contributed by atoms with E-state index in [9.17, 15) is 17.2 Å². The van der Waals surface area contributed by atoms with E-state index in [2.05, 4.69) is 0 Å². The summed E-state index contributed by atoms with van der Waals surface area (Å²) >= 11 is 0. The van der Waals surface area contributed by atoms with Crippen molar-refractivity contribution in [1.82, 2.24) is 4.31 Å². The zero-order valence-electron chi connectivity index (χ0n) is 11.4. The Kier molecular flexibility index (Phi) is 4.80. The molecule has 0 saturated heterocycles. The first-order valence-corrected chi connectivity index (χ1v) is 8.19. The van der Waals surface area contributed by atoms with Crippen LogP contribution in [0.5, 0.6) is 0 Å². The minimum absolute atomic E-state index is 0.0974. The van der Waals surface area contributed by atoms with Gasteiger partial charge in [0.15, 0.2) is 5.82 Å². The molecule has 1 fully saturated rings. The SMILES string of the molecule is Nc1c(F)ccc(S(=O)(=O)N(CCCO)C2CCC2)c1F. The normalized spacial score (nSPS) is 16.2. The van der Waals surface area contributed by atoms with Crippen molar-refractivity contribution in [2.45, 2.75) is 36.6 Å². The summed E-state index contributed by atoms with van der Waals surface area (Å²) in [6, 6.07) is 1.53. The summed E-state index contributed by atoms with van der Waals surface area (Å²) in [4.78, 5) is -0.619. The quantitative estimate of drug-likeness (QED) is 0.778. The largest absolute Gasteiger partial charge is 0.396 e. The molecule has 0 radical (unpaired) electrons. The molecule has 0 bridgehead atoms. The highest BCUT2D eigenvalue weighted by Gasteiger charge is 2.36. The van der Waals surface area contributed by atoms with Crippen molar-refractivity contribution in [2.75, 3.05) is 18.9 Å². The summed E-state index contributed by atoms with van der Waals surface area (Å²) in [5.74, 6) is -2.25. The molecule has 0 spiro atoms. The number of nitrogen functional groups attached to an aromatic ring is 1. The second kappa shape index (κ2) is 6.25. The number of anilines is 1. The van der Waals surface area contributed by atoms with Gasteiger partial charge in [-0.3, -0.25) is 0 Å². The van der Waals surface area contributed by atoms with Gasteiger partial charge < -0.3 is 10.8 Å². The highest BCUT2D eigenvalue weighted by molar-refractivity contribution is 7.89. The lowest BCUT2D eigenvalue weighted by molar-refractivity contribution is 0.198. The maximum Gasteiger partial charge on any atom is 0.246 e. The number of nitrogens with zero attached hydrogens (tertiary/aromatic N) is 1. The predicted molar refractivity (Wildman–Crippen MR) is 74.0 cm³/mol. The molecule has 8 heteroatoms. The zero-order valence-corrected chi connectivity index (χ0v) is 12.2. The van der Waals surface area contributed by atoms with Crippen molar-refractivity contribution < 1.29 is 22.3 Å². The molecule has 2 rings (SSSR count). The van der Waals surface area contributed by atoms with E-state index < -0.39 is 32.2 Å². The highest BCUT2D eigenvalue weighted by Crippen LogP contribution is 2.32. The van der Waals surface area contributed by atoms with E-state index in [0.29, 0.717) is 12.8 Å². The van der Waals surface area contributed by atoms with Gasteiger partial charge in [-0.1, -0.05) is 6.42 Å². The van der Waals surface area contributed by atoms with Gasteiger partial charge in [0.2, 0.25) is 10.0 Å². The van der Waals surface area contributed by atoms with Crippen LogP contribution >= 0.6 is 0 Å². The predicted octanol–water partition coefficient (Wildman–Crippen LogP) is 1.47. The maximum atomic E-state index is 14.0. The number of benzene rings is 1. The van der Waals surface area contributed by atoms with E-state index in [1.165, 1.54) is 4.31 Å². The van der Waals surface area contributed by atoms with Crippen LogP contribution in [0.3, 0.4) is 0 Å². The lowest BCUT2D eigenvalue weighted by Gasteiger charge is -2.36. The molecule has 0 atom stereocenters. The summed E-state index contributed by atoms with van der Waals surface area (Å²) in [7, 11) is -4.10. The Morgan fingerprint density at radius 3 is 2.52 bits per heavy atom. The lowest BCUT2D eigenvalue weighted by Crippen LogP contribution is -2.45. The van der Waals surface area contributed by atoms with Crippen molar-refractivity contribution in [3.05, 3.63) is 23.8 Å². The van der Waals surface area contributed by atoms with Gasteiger partial charge in [-0.05, 0) is 31.4 Å². The van der Waals surface area contributed by atoms with Crippen molar-refractivity contribution in [3.8, 4) is 0 Å². The van der Waals surface area contributed by atoms with E-state index in [-0.39, 0.29) is 25.6 Å². The summed E-state index contributed by atoms with van der Waals surface area (Å²) in [5.41, 5.74) is 4.43. The highest BCUT2D eigenvalue weighted by atomic mass is 32.2. The Morgan fingerprint density at radius 1 is 1.33 bits per heavy atom. The molecule has 1 aliphatic rings. The summed E-state index contributed by atoms with van der Waals surface area (Å²) in [5, 5.41) is 8.89. The van der Waals surface area contributed by atoms with Gasteiger partial charge in [0.05, 0.1) is 0 Å². The third-order valence-electron chi connectivity index (χ3n) is 3.70. The standard InChI is InChI=1S/C13H18F2N2O3S/c14-10-5-6-11(12(15)13(10)16)21(19,20)17(7-2-8-18)9-3-1-4-9/h5-6,9,18H,1-4,7-8,16H2. The van der Waals surface area contributed by atoms with Crippen LogP contribution < -0.4 is 5.73 Å². The van der Waals surface area contributed by atoms with Gasteiger partial charge in [0.25, 0.3) is 0 Å². The molecule has 5 nitrogen and oxygen atoms in total. The molecule has 1 aromatic rings. The molecule has 1 aromatic carbocycles. The average molecular weight is 320 g/mol. The number of rotatable bonds is 6. The van der Waals surface area contributed by atoms with Crippen LogP contribution in [0.2, 0.25) is 0 Å². The minimum atomic E-state index is -4.10. The van der Waals surface area contributed by atoms with Gasteiger partial charge in [0, 0.05) is 19.2 Å². The van der Waals surface area contributed by atoms with E-state index >= 15 is 0 Å². The lowest BCUT2D eigenvalue weighted by atomic mass is 9.93. The molecule has 21 heavy (non-hydrogen) atoms. The Balaban J connectivity index is 2.40. The number of nitrogens with two attached hydrogens (primary N) is 1. The second-order valence-corrected chi connectivity index (χ2v) is 6.91. The van der Waals surface area contributed by atoms with Crippen LogP contribution in [0.25, 0.3) is 0 Å². The Hall–Kier alpha value is -1.25. The fourth-order valence-corrected chi connectivity index (χ4v) is 4.08. The average Bonchev–Trinajstić information content (AvgIpc) is 2.38. The summed E-state index contributed by atoms with van der Waals surface area (Å²) in [6.45, 7) is -0.0625.